The standard InChI is InChI=1S/C12H10ClNO3.C9H5BrClNO/c1-2-17-12(16)7-3-4-8-9(5-7)11(15)14-6-10(8)13;10-5-1-2-6-7(3-5)9(13)12-4-8(6)11/h3-6H,2H2,1H3,(H,14,15);1-4H,(H,12,13). The molecule has 2 aromatic heterocycles. The zero-order valence-electron chi connectivity index (χ0n) is 15.6. The molecule has 4 rings (SSSR count). The summed E-state index contributed by atoms with van der Waals surface area (Å²) in [6, 6.07) is 10.1. The van der Waals surface area contributed by atoms with Crippen molar-refractivity contribution in [1.29, 1.82) is 0 Å². The smallest absolute Gasteiger partial charge is 0.338 e. The molecule has 0 bridgehead atoms. The molecule has 0 saturated heterocycles. The van der Waals surface area contributed by atoms with E-state index in [2.05, 4.69) is 25.9 Å². The molecule has 2 aromatic carbocycles. The second-order valence-electron chi connectivity index (χ2n) is 6.10. The summed E-state index contributed by atoms with van der Waals surface area (Å²) in [6.07, 6.45) is 2.93. The van der Waals surface area contributed by atoms with Gasteiger partial charge in [0.25, 0.3) is 11.1 Å². The number of pyridine rings is 2. The van der Waals surface area contributed by atoms with Gasteiger partial charge in [-0.05, 0) is 31.2 Å². The molecule has 2 heterocycles. The Hall–Kier alpha value is -2.61. The summed E-state index contributed by atoms with van der Waals surface area (Å²) in [5, 5.41) is 3.36. The Morgan fingerprint density at radius 1 is 0.900 bits per heavy atom. The van der Waals surface area contributed by atoms with Gasteiger partial charge in [-0.3, -0.25) is 9.59 Å². The maximum absolute atomic E-state index is 11.6. The molecular formula is C21H15BrCl2N2O4. The minimum atomic E-state index is -0.450. The lowest BCUT2D eigenvalue weighted by atomic mass is 10.1. The van der Waals surface area contributed by atoms with Crippen LogP contribution in [0.15, 0.2) is 62.9 Å². The fraction of sp³-hybridized carbons (Fsp3) is 0.0952. The molecule has 0 fully saturated rings. The van der Waals surface area contributed by atoms with E-state index < -0.39 is 5.97 Å². The van der Waals surface area contributed by atoms with Crippen LogP contribution in [0.25, 0.3) is 21.5 Å². The third kappa shape index (κ3) is 4.75. The van der Waals surface area contributed by atoms with Crippen LogP contribution in [0, 0.1) is 0 Å². The molecule has 0 saturated carbocycles. The third-order valence-corrected chi connectivity index (χ3v) is 5.29. The molecule has 0 aliphatic heterocycles. The Bertz CT molecular complexity index is 1360. The average molecular weight is 510 g/mol. The maximum atomic E-state index is 11.6. The van der Waals surface area contributed by atoms with E-state index >= 15 is 0 Å². The number of carbonyl (C=O) groups excluding carboxylic acids is 1. The summed E-state index contributed by atoms with van der Waals surface area (Å²) < 4.78 is 5.73. The summed E-state index contributed by atoms with van der Waals surface area (Å²) in [5.41, 5.74) is -0.0663. The highest BCUT2D eigenvalue weighted by Crippen LogP contribution is 2.23. The highest BCUT2D eigenvalue weighted by atomic mass is 79.9. The number of halogens is 3. The van der Waals surface area contributed by atoms with Gasteiger partial charge in [0.2, 0.25) is 0 Å². The van der Waals surface area contributed by atoms with Crippen LogP contribution >= 0.6 is 39.1 Å². The molecule has 0 aliphatic carbocycles. The van der Waals surface area contributed by atoms with Crippen LogP contribution in [0.4, 0.5) is 0 Å². The first-order chi connectivity index (χ1) is 14.3. The number of aromatic nitrogens is 2. The molecular weight excluding hydrogens is 495 g/mol. The van der Waals surface area contributed by atoms with E-state index in [-0.39, 0.29) is 11.1 Å². The van der Waals surface area contributed by atoms with Crippen molar-refractivity contribution in [2.45, 2.75) is 6.92 Å². The number of carbonyl (C=O) groups is 1. The molecule has 0 radical (unpaired) electrons. The van der Waals surface area contributed by atoms with Gasteiger partial charge in [0.05, 0.1) is 22.2 Å². The van der Waals surface area contributed by atoms with Crippen LogP contribution in [0.2, 0.25) is 10.0 Å². The van der Waals surface area contributed by atoms with Crippen molar-refractivity contribution in [3.63, 3.8) is 0 Å². The summed E-state index contributed by atoms with van der Waals surface area (Å²) in [7, 11) is 0. The van der Waals surface area contributed by atoms with Crippen LogP contribution in [0.3, 0.4) is 0 Å². The van der Waals surface area contributed by atoms with Gasteiger partial charge >= 0.3 is 5.97 Å². The minimum absolute atomic E-state index is 0.124. The lowest BCUT2D eigenvalue weighted by molar-refractivity contribution is 0.0526. The monoisotopic (exact) mass is 508 g/mol. The van der Waals surface area contributed by atoms with Crippen molar-refractivity contribution in [1.82, 2.24) is 9.97 Å². The van der Waals surface area contributed by atoms with Gasteiger partial charge in [-0.15, -0.1) is 0 Å². The number of H-pyrrole nitrogens is 2. The van der Waals surface area contributed by atoms with Crippen LogP contribution in [-0.4, -0.2) is 22.5 Å². The van der Waals surface area contributed by atoms with Gasteiger partial charge in [0, 0.05) is 38.4 Å². The van der Waals surface area contributed by atoms with Gasteiger partial charge in [0.1, 0.15) is 0 Å². The Labute approximate surface area is 188 Å². The highest BCUT2D eigenvalue weighted by molar-refractivity contribution is 9.10. The van der Waals surface area contributed by atoms with E-state index in [9.17, 15) is 14.4 Å². The summed E-state index contributed by atoms with van der Waals surface area (Å²) in [4.78, 5) is 39.5. The van der Waals surface area contributed by atoms with Gasteiger partial charge in [-0.25, -0.2) is 4.79 Å². The Morgan fingerprint density at radius 3 is 2.00 bits per heavy atom. The first kappa shape index (κ1) is 22.1. The molecule has 0 aliphatic rings. The second kappa shape index (κ2) is 9.47. The van der Waals surface area contributed by atoms with Crippen molar-refractivity contribution in [3.8, 4) is 0 Å². The molecule has 4 aromatic rings. The van der Waals surface area contributed by atoms with E-state index in [1.54, 1.807) is 25.1 Å². The van der Waals surface area contributed by atoms with Crippen molar-refractivity contribution in [2.75, 3.05) is 6.61 Å². The largest absolute Gasteiger partial charge is 0.462 e. The molecule has 0 atom stereocenters. The van der Waals surface area contributed by atoms with E-state index in [4.69, 9.17) is 27.9 Å². The normalized spacial score (nSPS) is 10.5. The molecule has 0 unspecified atom stereocenters. The predicted molar refractivity (Wildman–Crippen MR) is 123 cm³/mol. The summed E-state index contributed by atoms with van der Waals surface area (Å²) in [5.74, 6) is -0.450. The van der Waals surface area contributed by atoms with Gasteiger partial charge < -0.3 is 14.7 Å². The molecule has 0 spiro atoms. The van der Waals surface area contributed by atoms with Crippen molar-refractivity contribution < 1.29 is 9.53 Å². The van der Waals surface area contributed by atoms with E-state index in [1.165, 1.54) is 18.5 Å². The molecule has 9 heteroatoms. The topological polar surface area (TPSA) is 92.0 Å². The fourth-order valence-corrected chi connectivity index (χ4v) is 3.56. The van der Waals surface area contributed by atoms with Crippen LogP contribution in [0.1, 0.15) is 17.3 Å². The van der Waals surface area contributed by atoms with Crippen molar-refractivity contribution >= 4 is 66.6 Å². The number of fused-ring (bicyclic) bond motifs is 2. The molecule has 30 heavy (non-hydrogen) atoms. The van der Waals surface area contributed by atoms with Crippen molar-refractivity contribution in [2.24, 2.45) is 0 Å². The average Bonchev–Trinajstić information content (AvgIpc) is 2.74. The predicted octanol–water partition coefficient (Wildman–Crippen LogP) is 5.30. The lowest BCUT2D eigenvalue weighted by Gasteiger charge is -2.04. The van der Waals surface area contributed by atoms with Crippen LogP contribution in [-0.2, 0) is 4.74 Å². The van der Waals surface area contributed by atoms with E-state index in [1.807, 2.05) is 12.1 Å². The molecule has 0 amide bonds. The molecule has 2 N–H and O–H groups in total. The first-order valence-electron chi connectivity index (χ1n) is 8.76. The Morgan fingerprint density at radius 2 is 1.43 bits per heavy atom. The number of rotatable bonds is 2. The van der Waals surface area contributed by atoms with Crippen molar-refractivity contribution in [3.05, 3.63) is 89.6 Å². The Balaban J connectivity index is 0.000000177. The first-order valence-corrected chi connectivity index (χ1v) is 10.3. The minimum Gasteiger partial charge on any atom is -0.462 e. The van der Waals surface area contributed by atoms with Crippen LogP contribution in [0.5, 0.6) is 0 Å². The number of hydrogen-bond acceptors (Lipinski definition) is 4. The third-order valence-electron chi connectivity index (χ3n) is 4.18. The SMILES string of the molecule is CCOC(=O)c1ccc2c(Cl)c[nH]c(=O)c2c1.O=c1[nH]cc(Cl)c2ccc(Br)cc12. The summed E-state index contributed by atoms with van der Waals surface area (Å²) in [6.45, 7) is 2.02. The number of esters is 1. The highest BCUT2D eigenvalue weighted by Gasteiger charge is 2.10. The summed E-state index contributed by atoms with van der Waals surface area (Å²) >= 11 is 15.1. The Kier molecular flexibility index (Phi) is 6.97. The van der Waals surface area contributed by atoms with Crippen LogP contribution < -0.4 is 11.1 Å². The van der Waals surface area contributed by atoms with Gasteiger partial charge in [-0.2, -0.15) is 0 Å². The van der Waals surface area contributed by atoms with E-state index in [0.717, 1.165) is 9.86 Å². The number of benzene rings is 2. The number of aromatic amines is 2. The zero-order valence-corrected chi connectivity index (χ0v) is 18.7. The number of nitrogens with one attached hydrogen (secondary N) is 2. The zero-order chi connectivity index (χ0) is 21.8. The van der Waals surface area contributed by atoms with E-state index in [0.29, 0.717) is 38.4 Å². The second-order valence-corrected chi connectivity index (χ2v) is 7.83. The lowest BCUT2D eigenvalue weighted by Crippen LogP contribution is -2.08. The van der Waals surface area contributed by atoms with Gasteiger partial charge in [0.15, 0.2) is 0 Å². The maximum Gasteiger partial charge on any atom is 0.338 e. The quantitative estimate of drug-likeness (QED) is 0.358. The molecule has 154 valence electrons. The molecule has 6 nitrogen and oxygen atoms in total. The fourth-order valence-electron chi connectivity index (χ4n) is 2.76. The number of hydrogen-bond donors (Lipinski definition) is 2. The number of ether oxygens (including phenoxy) is 1. The van der Waals surface area contributed by atoms with Gasteiger partial charge in [-0.1, -0.05) is 51.3 Å².